The molecule has 2 heterocycles. The molecule has 0 bridgehead atoms. The van der Waals surface area contributed by atoms with Gasteiger partial charge in [-0.05, 0) is 17.7 Å². The van der Waals surface area contributed by atoms with Crippen LogP contribution in [0.2, 0.25) is 5.28 Å². The smallest absolute Gasteiger partial charge is 0.223 e. The van der Waals surface area contributed by atoms with E-state index in [0.717, 1.165) is 12.3 Å². The first-order chi connectivity index (χ1) is 7.16. The van der Waals surface area contributed by atoms with Gasteiger partial charge < -0.3 is 0 Å². The number of hydrogen-bond acceptors (Lipinski definition) is 3. The molecule has 0 saturated carbocycles. The van der Waals surface area contributed by atoms with E-state index in [0.29, 0.717) is 0 Å². The van der Waals surface area contributed by atoms with Crippen molar-refractivity contribution < 1.29 is 8.78 Å². The van der Waals surface area contributed by atoms with Gasteiger partial charge in [0.1, 0.15) is 5.69 Å². The summed E-state index contributed by atoms with van der Waals surface area (Å²) in [6, 6.07) is 2.51. The SMILES string of the molecule is Fc1cc(-c2nc(Cl)ncc2F)ccn1. The lowest BCUT2D eigenvalue weighted by atomic mass is 10.2. The molecule has 2 rings (SSSR count). The van der Waals surface area contributed by atoms with Crippen LogP contribution in [-0.2, 0) is 0 Å². The van der Waals surface area contributed by atoms with Crippen LogP contribution in [0.3, 0.4) is 0 Å². The van der Waals surface area contributed by atoms with Gasteiger partial charge in [-0.2, -0.15) is 4.39 Å². The fourth-order valence-corrected chi connectivity index (χ4v) is 1.23. The van der Waals surface area contributed by atoms with Crippen LogP contribution in [0.5, 0.6) is 0 Å². The average Bonchev–Trinajstić information content (AvgIpc) is 2.22. The minimum absolute atomic E-state index is 0.0451. The van der Waals surface area contributed by atoms with E-state index in [1.807, 2.05) is 0 Å². The van der Waals surface area contributed by atoms with Crippen molar-refractivity contribution in [1.82, 2.24) is 15.0 Å². The van der Waals surface area contributed by atoms with Gasteiger partial charge in [0, 0.05) is 17.8 Å². The fourth-order valence-electron chi connectivity index (χ4n) is 1.10. The van der Waals surface area contributed by atoms with Crippen molar-refractivity contribution in [1.29, 1.82) is 0 Å². The first kappa shape index (κ1) is 9.92. The Morgan fingerprint density at radius 3 is 2.73 bits per heavy atom. The predicted molar refractivity (Wildman–Crippen MR) is 50.2 cm³/mol. The van der Waals surface area contributed by atoms with E-state index >= 15 is 0 Å². The standard InChI is InChI=1S/C9H4ClF2N3/c10-9-14-4-6(11)8(15-9)5-1-2-13-7(12)3-5/h1-4H. The quantitative estimate of drug-likeness (QED) is 0.555. The summed E-state index contributed by atoms with van der Waals surface area (Å²) in [4.78, 5) is 10.5. The second-order valence-electron chi connectivity index (χ2n) is 2.70. The van der Waals surface area contributed by atoms with E-state index in [1.54, 1.807) is 0 Å². The summed E-state index contributed by atoms with van der Waals surface area (Å²) in [6.07, 6.45) is 2.16. The van der Waals surface area contributed by atoms with Gasteiger partial charge >= 0.3 is 0 Å². The number of pyridine rings is 1. The molecule has 2 aromatic heterocycles. The second kappa shape index (κ2) is 3.86. The number of nitrogens with zero attached hydrogens (tertiary/aromatic N) is 3. The van der Waals surface area contributed by atoms with Crippen molar-refractivity contribution in [2.45, 2.75) is 0 Å². The van der Waals surface area contributed by atoms with Gasteiger partial charge in [-0.25, -0.2) is 19.3 Å². The van der Waals surface area contributed by atoms with Gasteiger partial charge in [-0.15, -0.1) is 0 Å². The summed E-state index contributed by atoms with van der Waals surface area (Å²) in [7, 11) is 0. The first-order valence-electron chi connectivity index (χ1n) is 3.97. The molecule has 3 nitrogen and oxygen atoms in total. The minimum Gasteiger partial charge on any atom is -0.228 e. The van der Waals surface area contributed by atoms with Crippen molar-refractivity contribution in [3.05, 3.63) is 41.6 Å². The van der Waals surface area contributed by atoms with Crippen LogP contribution in [0.15, 0.2) is 24.5 Å². The molecule has 0 radical (unpaired) electrons. The third-order valence-electron chi connectivity index (χ3n) is 1.71. The fraction of sp³-hybridized carbons (Fsp3) is 0. The lowest BCUT2D eigenvalue weighted by Gasteiger charge is -2.01. The zero-order chi connectivity index (χ0) is 10.8. The highest BCUT2D eigenvalue weighted by atomic mass is 35.5. The summed E-state index contributed by atoms with van der Waals surface area (Å²) in [5, 5.41) is -0.0939. The predicted octanol–water partition coefficient (Wildman–Crippen LogP) is 2.47. The van der Waals surface area contributed by atoms with Crippen molar-refractivity contribution in [2.24, 2.45) is 0 Å². The molecular formula is C9H4ClF2N3. The van der Waals surface area contributed by atoms with Gasteiger partial charge in [-0.1, -0.05) is 0 Å². The summed E-state index contributed by atoms with van der Waals surface area (Å²) in [5.74, 6) is -1.37. The summed E-state index contributed by atoms with van der Waals surface area (Å²) in [5.41, 5.74) is 0.223. The van der Waals surface area contributed by atoms with Gasteiger partial charge in [0.2, 0.25) is 11.2 Å². The molecule has 0 aliphatic carbocycles. The Morgan fingerprint density at radius 1 is 1.20 bits per heavy atom. The lowest BCUT2D eigenvalue weighted by Crippen LogP contribution is -1.93. The van der Waals surface area contributed by atoms with Crippen LogP contribution in [0.25, 0.3) is 11.3 Å². The average molecular weight is 228 g/mol. The Hall–Kier alpha value is -1.62. The Balaban J connectivity index is 2.58. The highest BCUT2D eigenvalue weighted by Gasteiger charge is 2.09. The molecule has 0 amide bonds. The molecule has 0 aliphatic heterocycles. The van der Waals surface area contributed by atoms with Gasteiger partial charge in [0.15, 0.2) is 5.82 Å². The highest BCUT2D eigenvalue weighted by molar-refractivity contribution is 6.28. The molecule has 15 heavy (non-hydrogen) atoms. The maximum Gasteiger partial charge on any atom is 0.223 e. The van der Waals surface area contributed by atoms with Crippen LogP contribution >= 0.6 is 11.6 Å². The molecule has 0 atom stereocenters. The topological polar surface area (TPSA) is 38.7 Å². The molecule has 0 spiro atoms. The van der Waals surface area contributed by atoms with E-state index in [2.05, 4.69) is 15.0 Å². The van der Waals surface area contributed by atoms with Crippen molar-refractivity contribution in [2.75, 3.05) is 0 Å². The van der Waals surface area contributed by atoms with Crippen LogP contribution < -0.4 is 0 Å². The maximum atomic E-state index is 13.3. The molecule has 76 valence electrons. The molecule has 0 aliphatic rings. The van der Waals surface area contributed by atoms with Crippen LogP contribution in [0.4, 0.5) is 8.78 Å². The van der Waals surface area contributed by atoms with E-state index in [-0.39, 0.29) is 16.5 Å². The summed E-state index contributed by atoms with van der Waals surface area (Å²) >= 11 is 5.51. The maximum absolute atomic E-state index is 13.3. The molecule has 0 N–H and O–H groups in total. The number of aromatic nitrogens is 3. The zero-order valence-corrected chi connectivity index (χ0v) is 8.04. The Kier molecular flexibility index (Phi) is 2.55. The monoisotopic (exact) mass is 227 g/mol. The van der Waals surface area contributed by atoms with Gasteiger partial charge in [0.25, 0.3) is 0 Å². The van der Waals surface area contributed by atoms with E-state index in [9.17, 15) is 8.78 Å². The number of rotatable bonds is 1. The molecule has 0 unspecified atom stereocenters. The molecule has 0 aromatic carbocycles. The molecule has 6 heteroatoms. The zero-order valence-electron chi connectivity index (χ0n) is 7.28. The Labute approximate surface area is 88.8 Å². The second-order valence-corrected chi connectivity index (χ2v) is 3.04. The minimum atomic E-state index is -0.707. The van der Waals surface area contributed by atoms with Crippen molar-refractivity contribution >= 4 is 11.6 Å². The Morgan fingerprint density at radius 2 is 2.00 bits per heavy atom. The molecule has 0 fully saturated rings. The third kappa shape index (κ3) is 2.07. The lowest BCUT2D eigenvalue weighted by molar-refractivity contribution is 0.583. The van der Waals surface area contributed by atoms with Crippen LogP contribution in [-0.4, -0.2) is 15.0 Å². The largest absolute Gasteiger partial charge is 0.228 e. The highest BCUT2D eigenvalue weighted by Crippen LogP contribution is 2.20. The van der Waals surface area contributed by atoms with E-state index in [1.165, 1.54) is 12.3 Å². The molecule has 2 aromatic rings. The summed E-state index contributed by atoms with van der Waals surface area (Å²) in [6.45, 7) is 0. The normalized spacial score (nSPS) is 10.3. The van der Waals surface area contributed by atoms with Crippen molar-refractivity contribution in [3.8, 4) is 11.3 Å². The summed E-state index contributed by atoms with van der Waals surface area (Å²) < 4.78 is 26.0. The van der Waals surface area contributed by atoms with Crippen LogP contribution in [0, 0.1) is 11.8 Å². The first-order valence-corrected chi connectivity index (χ1v) is 4.34. The third-order valence-corrected chi connectivity index (χ3v) is 1.90. The number of hydrogen-bond donors (Lipinski definition) is 0. The van der Waals surface area contributed by atoms with E-state index in [4.69, 9.17) is 11.6 Å². The van der Waals surface area contributed by atoms with Gasteiger partial charge in [-0.3, -0.25) is 0 Å². The number of halogens is 3. The van der Waals surface area contributed by atoms with Gasteiger partial charge in [0.05, 0.1) is 6.20 Å². The van der Waals surface area contributed by atoms with E-state index < -0.39 is 11.8 Å². The van der Waals surface area contributed by atoms with Crippen LogP contribution in [0.1, 0.15) is 0 Å². The molecule has 0 saturated heterocycles. The Bertz CT molecular complexity index is 504. The van der Waals surface area contributed by atoms with Crippen molar-refractivity contribution in [3.63, 3.8) is 0 Å². The molecular weight excluding hydrogens is 224 g/mol.